The zero-order chi connectivity index (χ0) is 42.0. The number of aromatic hydroxyl groups is 2. The predicted molar refractivity (Wildman–Crippen MR) is 221 cm³/mol. The summed E-state index contributed by atoms with van der Waals surface area (Å²) in [5.74, 6) is -2.56. The Morgan fingerprint density at radius 1 is 0.759 bits per heavy atom. The minimum atomic E-state index is -0.835. The number of carbonyl (C=O) groups is 4. The maximum atomic E-state index is 13.5. The number of nitrogens with one attached hydrogen (secondary N) is 1. The van der Waals surface area contributed by atoms with Crippen LogP contribution in [0.2, 0.25) is 0 Å². The summed E-state index contributed by atoms with van der Waals surface area (Å²) < 4.78 is 11.7. The average Bonchev–Trinajstić information content (AvgIpc) is 3.18. The summed E-state index contributed by atoms with van der Waals surface area (Å²) in [4.78, 5) is 54.6. The Morgan fingerprint density at radius 3 is 1.79 bits per heavy atom. The summed E-state index contributed by atoms with van der Waals surface area (Å²) >= 11 is 0. The molecule has 3 amide bonds. The summed E-state index contributed by atoms with van der Waals surface area (Å²) in [5.41, 5.74) is 1.33. The van der Waals surface area contributed by atoms with Crippen LogP contribution in [0.1, 0.15) is 123 Å². The fourth-order valence-electron chi connectivity index (χ4n) is 6.98. The molecule has 2 aliphatic rings. The zero-order valence-electron chi connectivity index (χ0n) is 33.9. The van der Waals surface area contributed by atoms with Crippen molar-refractivity contribution in [1.82, 2.24) is 10.2 Å². The number of phenols is 2. The van der Waals surface area contributed by atoms with Crippen LogP contribution in [-0.4, -0.2) is 73.6 Å². The number of rotatable bonds is 11. The van der Waals surface area contributed by atoms with E-state index in [0.29, 0.717) is 43.2 Å². The van der Waals surface area contributed by atoms with Gasteiger partial charge in [0.05, 0.1) is 12.2 Å². The molecule has 12 heteroatoms. The second kappa shape index (κ2) is 23.3. The Bertz CT molecular complexity index is 1820. The SMILES string of the molecule is CCCCCCC(=O)N(/C=C/C[C@H]1C[C@@H](O)[C@@H](C)C/C=C/Cc2cccc(O)c2C(=O)O1)C(=O)N/C=C/C[C@H]1C[C@@H](O)[C@@H](C)C/C=C/Cc2cccc(O)c2C(=O)O1. The number of imide groups is 1. The molecule has 12 nitrogen and oxygen atoms in total. The highest BCUT2D eigenvalue weighted by Gasteiger charge is 2.28. The van der Waals surface area contributed by atoms with Crippen molar-refractivity contribution >= 4 is 23.9 Å². The van der Waals surface area contributed by atoms with Crippen molar-refractivity contribution in [3.05, 3.63) is 108 Å². The molecule has 5 N–H and O–H groups in total. The summed E-state index contributed by atoms with van der Waals surface area (Å²) in [7, 11) is 0. The fourth-order valence-corrected chi connectivity index (χ4v) is 6.98. The summed E-state index contributed by atoms with van der Waals surface area (Å²) in [5, 5.41) is 45.6. The third kappa shape index (κ3) is 13.7. The van der Waals surface area contributed by atoms with Crippen LogP contribution < -0.4 is 5.32 Å². The summed E-state index contributed by atoms with van der Waals surface area (Å²) in [6, 6.07) is 8.92. The number of esters is 2. The molecule has 0 spiro atoms. The van der Waals surface area contributed by atoms with Crippen molar-refractivity contribution < 1.29 is 49.1 Å². The molecular weight excluding hydrogens is 741 g/mol. The largest absolute Gasteiger partial charge is 0.507 e. The second-order valence-electron chi connectivity index (χ2n) is 15.3. The smallest absolute Gasteiger partial charge is 0.342 e. The number of cyclic esters (lactones) is 2. The van der Waals surface area contributed by atoms with E-state index in [1.807, 2.05) is 38.2 Å². The van der Waals surface area contributed by atoms with Crippen molar-refractivity contribution in [3.8, 4) is 11.5 Å². The first kappa shape index (κ1) is 45.5. The van der Waals surface area contributed by atoms with Crippen LogP contribution in [0.3, 0.4) is 0 Å². The molecule has 2 heterocycles. The van der Waals surface area contributed by atoms with Gasteiger partial charge in [-0.25, -0.2) is 19.3 Å². The molecule has 314 valence electrons. The van der Waals surface area contributed by atoms with E-state index in [4.69, 9.17) is 9.47 Å². The number of nitrogens with zero attached hydrogens (tertiary/aromatic N) is 1. The molecule has 0 saturated carbocycles. The standard InChI is InChI=1S/C46H60N2O10/c1-4-5-6-7-26-41(53)48(28-15-23-36-30-40(52)32(3)17-9-11-19-34-21-13-25-38(50)43(34)45(55)58-36)46(56)47-27-14-22-35-29-39(51)31(2)16-8-10-18-33-20-12-24-37(49)42(33)44(54)57-35/h8-15,20-21,24-25,27-28,31-32,35-36,39-40,49-52H,4-7,16-19,22-23,26,29-30H2,1-3H3,(H,47,56)/b10-8+,11-9+,27-14+,28-15+/t31-,32-,35-,36-,39+,40+/m0/s1. The number of hydrogen-bond acceptors (Lipinski definition) is 10. The number of amides is 3. The van der Waals surface area contributed by atoms with Gasteiger partial charge in [0.1, 0.15) is 34.8 Å². The zero-order valence-corrected chi connectivity index (χ0v) is 33.9. The Hall–Kier alpha value is -5.20. The van der Waals surface area contributed by atoms with Crippen molar-refractivity contribution in [2.24, 2.45) is 11.8 Å². The third-order valence-corrected chi connectivity index (χ3v) is 10.7. The van der Waals surface area contributed by atoms with Gasteiger partial charge in [-0.3, -0.25) is 4.79 Å². The van der Waals surface area contributed by atoms with E-state index in [1.54, 1.807) is 36.4 Å². The van der Waals surface area contributed by atoms with Crippen molar-refractivity contribution in [1.29, 1.82) is 0 Å². The number of unbranched alkanes of at least 4 members (excludes halogenated alkanes) is 3. The summed E-state index contributed by atoms with van der Waals surface area (Å²) in [6.07, 6.45) is 16.1. The normalized spacial score (nSPS) is 24.4. The molecule has 2 aliphatic heterocycles. The highest BCUT2D eigenvalue weighted by atomic mass is 16.5. The van der Waals surface area contributed by atoms with Crippen LogP contribution in [0, 0.1) is 11.8 Å². The van der Waals surface area contributed by atoms with Crippen molar-refractivity contribution in [3.63, 3.8) is 0 Å². The van der Waals surface area contributed by atoms with Crippen LogP contribution in [0.5, 0.6) is 11.5 Å². The molecule has 2 aromatic rings. The van der Waals surface area contributed by atoms with Gasteiger partial charge in [-0.2, -0.15) is 0 Å². The third-order valence-electron chi connectivity index (χ3n) is 10.7. The fraction of sp³-hybridized carbons (Fsp3) is 0.478. The lowest BCUT2D eigenvalue weighted by molar-refractivity contribution is -0.126. The van der Waals surface area contributed by atoms with Gasteiger partial charge in [-0.15, -0.1) is 0 Å². The van der Waals surface area contributed by atoms with E-state index in [0.717, 1.165) is 24.2 Å². The number of urea groups is 1. The molecule has 0 saturated heterocycles. The molecule has 0 fully saturated rings. The van der Waals surface area contributed by atoms with Gasteiger partial charge in [0.25, 0.3) is 0 Å². The molecule has 0 aromatic heterocycles. The average molecular weight is 801 g/mol. The minimum Gasteiger partial charge on any atom is -0.507 e. The van der Waals surface area contributed by atoms with E-state index in [2.05, 4.69) is 12.2 Å². The van der Waals surface area contributed by atoms with Gasteiger partial charge in [0.2, 0.25) is 5.91 Å². The highest BCUT2D eigenvalue weighted by molar-refractivity contribution is 5.96. The van der Waals surface area contributed by atoms with E-state index in [-0.39, 0.29) is 66.6 Å². The lowest BCUT2D eigenvalue weighted by Crippen LogP contribution is -2.38. The number of aliphatic hydroxyl groups is 2. The predicted octanol–water partition coefficient (Wildman–Crippen LogP) is 7.94. The van der Waals surface area contributed by atoms with Gasteiger partial charge in [0, 0.05) is 44.5 Å². The molecule has 6 atom stereocenters. The number of ether oxygens (including phenoxy) is 2. The van der Waals surface area contributed by atoms with Crippen LogP contribution in [-0.2, 0) is 27.1 Å². The molecule has 58 heavy (non-hydrogen) atoms. The highest BCUT2D eigenvalue weighted by Crippen LogP contribution is 2.28. The molecule has 4 rings (SSSR count). The number of benzene rings is 2. The number of hydrogen-bond donors (Lipinski definition) is 5. The summed E-state index contributed by atoms with van der Waals surface area (Å²) in [6.45, 7) is 5.88. The maximum absolute atomic E-state index is 13.5. The van der Waals surface area contributed by atoms with Gasteiger partial charge in [-0.05, 0) is 67.2 Å². The maximum Gasteiger partial charge on any atom is 0.342 e. The Morgan fingerprint density at radius 2 is 1.28 bits per heavy atom. The van der Waals surface area contributed by atoms with Crippen LogP contribution in [0.25, 0.3) is 0 Å². The first-order valence-electron chi connectivity index (χ1n) is 20.5. The van der Waals surface area contributed by atoms with Crippen LogP contribution in [0.15, 0.2) is 85.3 Å². The first-order chi connectivity index (χ1) is 27.9. The quantitative estimate of drug-likeness (QED) is 0.0850. The number of carbonyl (C=O) groups excluding carboxylic acids is 4. The molecular formula is C46H60N2O10. The number of allylic oxidation sites excluding steroid dienone is 4. The van der Waals surface area contributed by atoms with Crippen molar-refractivity contribution in [2.45, 2.75) is 129 Å². The van der Waals surface area contributed by atoms with E-state index >= 15 is 0 Å². The topological polar surface area (TPSA) is 183 Å². The van der Waals surface area contributed by atoms with Gasteiger partial charge in [-0.1, -0.05) is 101 Å². The molecule has 0 aliphatic carbocycles. The first-order valence-corrected chi connectivity index (χ1v) is 20.5. The lowest BCUT2D eigenvalue weighted by atomic mass is 9.93. The molecule has 2 aromatic carbocycles. The minimum absolute atomic E-state index is 0.0506. The number of fused-ring (bicyclic) bond motifs is 2. The Labute approximate surface area is 341 Å². The monoisotopic (exact) mass is 800 g/mol. The van der Waals surface area contributed by atoms with Crippen LogP contribution >= 0.6 is 0 Å². The molecule has 0 bridgehead atoms. The van der Waals surface area contributed by atoms with Crippen molar-refractivity contribution in [2.75, 3.05) is 0 Å². The van der Waals surface area contributed by atoms with Gasteiger partial charge in [0.15, 0.2) is 0 Å². The Kier molecular flexibility index (Phi) is 18.3. The molecule has 0 radical (unpaired) electrons. The second-order valence-corrected chi connectivity index (χ2v) is 15.3. The molecule has 0 unspecified atom stereocenters. The number of phenolic OH excluding ortho intramolecular Hbond substituents is 2. The van der Waals surface area contributed by atoms with Gasteiger partial charge < -0.3 is 35.2 Å². The van der Waals surface area contributed by atoms with E-state index in [9.17, 15) is 39.6 Å². The Balaban J connectivity index is 1.49. The van der Waals surface area contributed by atoms with Gasteiger partial charge >= 0.3 is 18.0 Å². The number of aliphatic hydroxyl groups excluding tert-OH is 2. The lowest BCUT2D eigenvalue weighted by Gasteiger charge is -2.25. The van der Waals surface area contributed by atoms with Crippen LogP contribution in [0.4, 0.5) is 4.79 Å². The van der Waals surface area contributed by atoms with E-state index in [1.165, 1.54) is 24.5 Å². The van der Waals surface area contributed by atoms with E-state index < -0.39 is 48.3 Å².